The van der Waals surface area contributed by atoms with Crippen LogP contribution < -0.4 is 4.74 Å². The van der Waals surface area contributed by atoms with Gasteiger partial charge in [-0.25, -0.2) is 9.18 Å². The third-order valence-electron chi connectivity index (χ3n) is 3.13. The molecule has 1 saturated heterocycles. The Labute approximate surface area is 116 Å². The lowest BCUT2D eigenvalue weighted by Gasteiger charge is -2.30. The summed E-state index contributed by atoms with van der Waals surface area (Å²) in [5.74, 6) is -0.570. The Morgan fingerprint density at radius 3 is 2.90 bits per heavy atom. The molecule has 20 heavy (non-hydrogen) atoms. The molecule has 1 unspecified atom stereocenters. The molecule has 0 radical (unpaired) electrons. The van der Waals surface area contributed by atoms with Crippen LogP contribution in [0, 0.1) is 5.82 Å². The number of rotatable bonds is 6. The number of halogens is 1. The van der Waals surface area contributed by atoms with Crippen molar-refractivity contribution >= 4 is 5.97 Å². The maximum absolute atomic E-state index is 12.7. The van der Waals surface area contributed by atoms with Gasteiger partial charge in [0.25, 0.3) is 0 Å². The molecule has 0 aliphatic carbocycles. The van der Waals surface area contributed by atoms with E-state index in [2.05, 4.69) is 4.90 Å². The van der Waals surface area contributed by atoms with Crippen molar-refractivity contribution in [1.82, 2.24) is 4.90 Å². The molecule has 1 atom stereocenters. The van der Waals surface area contributed by atoms with Crippen LogP contribution in [0.5, 0.6) is 5.75 Å². The smallest absolute Gasteiger partial charge is 0.334 e. The van der Waals surface area contributed by atoms with Crippen LogP contribution in [0.15, 0.2) is 24.3 Å². The van der Waals surface area contributed by atoms with Crippen LogP contribution in [0.4, 0.5) is 4.39 Å². The lowest BCUT2D eigenvalue weighted by Crippen LogP contribution is -2.46. The fraction of sp³-hybridized carbons (Fsp3) is 0.500. The summed E-state index contributed by atoms with van der Waals surface area (Å²) in [7, 11) is 0. The maximum Gasteiger partial charge on any atom is 0.334 e. The first-order chi connectivity index (χ1) is 9.65. The molecular formula is C14H18FNO4. The fourth-order valence-electron chi connectivity index (χ4n) is 2.06. The molecule has 6 heteroatoms. The third-order valence-corrected chi connectivity index (χ3v) is 3.13. The number of carboxylic acids is 1. The molecule has 0 spiro atoms. The first-order valence-corrected chi connectivity index (χ1v) is 6.60. The van der Waals surface area contributed by atoms with E-state index in [9.17, 15) is 9.18 Å². The second-order valence-electron chi connectivity index (χ2n) is 4.65. The highest BCUT2D eigenvalue weighted by Gasteiger charge is 2.25. The Balaban J connectivity index is 1.65. The number of carbonyl (C=O) groups is 1. The molecule has 1 aromatic carbocycles. The number of hydrogen-bond donors (Lipinski definition) is 1. The summed E-state index contributed by atoms with van der Waals surface area (Å²) in [6.07, 6.45) is 0.0470. The molecule has 0 saturated carbocycles. The average Bonchev–Trinajstić information content (AvgIpc) is 2.46. The van der Waals surface area contributed by atoms with Gasteiger partial charge < -0.3 is 14.6 Å². The van der Waals surface area contributed by atoms with Gasteiger partial charge in [-0.2, -0.15) is 0 Å². The molecule has 0 bridgehead atoms. The van der Waals surface area contributed by atoms with Crippen molar-refractivity contribution in [3.63, 3.8) is 0 Å². The van der Waals surface area contributed by atoms with Gasteiger partial charge in [0, 0.05) is 19.6 Å². The molecule has 1 heterocycles. The summed E-state index contributed by atoms with van der Waals surface area (Å²) < 4.78 is 23.3. The summed E-state index contributed by atoms with van der Waals surface area (Å²) in [6, 6.07) is 5.89. The normalized spacial score (nSPS) is 19.8. The summed E-state index contributed by atoms with van der Waals surface area (Å²) in [4.78, 5) is 12.9. The summed E-state index contributed by atoms with van der Waals surface area (Å²) in [5, 5.41) is 8.89. The predicted octanol–water partition coefficient (Wildman–Crippen LogP) is 1.38. The van der Waals surface area contributed by atoms with Gasteiger partial charge in [-0.05, 0) is 30.7 Å². The first kappa shape index (κ1) is 14.7. The highest BCUT2D eigenvalue weighted by atomic mass is 19.1. The van der Waals surface area contributed by atoms with E-state index in [1.165, 1.54) is 12.1 Å². The zero-order valence-corrected chi connectivity index (χ0v) is 11.1. The summed E-state index contributed by atoms with van der Waals surface area (Å²) >= 11 is 0. The predicted molar refractivity (Wildman–Crippen MR) is 70.3 cm³/mol. The molecule has 5 nitrogen and oxygen atoms in total. The lowest BCUT2D eigenvalue weighted by molar-refractivity contribution is -0.156. The van der Waals surface area contributed by atoms with Gasteiger partial charge in [0.2, 0.25) is 0 Å². The molecule has 0 aromatic heterocycles. The SMILES string of the molecule is O=C(O)C1CN(CCCOc2ccc(F)cc2)CCO1. The van der Waals surface area contributed by atoms with E-state index >= 15 is 0 Å². The topological polar surface area (TPSA) is 59.0 Å². The minimum Gasteiger partial charge on any atom is -0.494 e. The van der Waals surface area contributed by atoms with Crippen LogP contribution in [0.3, 0.4) is 0 Å². The number of carboxylic acid groups (broad SMARTS) is 1. The van der Waals surface area contributed by atoms with Gasteiger partial charge in [0.05, 0.1) is 13.2 Å². The molecule has 2 rings (SSSR count). The first-order valence-electron chi connectivity index (χ1n) is 6.60. The lowest BCUT2D eigenvalue weighted by atomic mass is 10.2. The van der Waals surface area contributed by atoms with Gasteiger partial charge in [-0.15, -0.1) is 0 Å². The number of benzene rings is 1. The van der Waals surface area contributed by atoms with Gasteiger partial charge in [-0.1, -0.05) is 0 Å². The van der Waals surface area contributed by atoms with Crippen molar-refractivity contribution in [3.05, 3.63) is 30.1 Å². The average molecular weight is 283 g/mol. The Morgan fingerprint density at radius 2 is 2.20 bits per heavy atom. The molecule has 0 amide bonds. The van der Waals surface area contributed by atoms with Crippen molar-refractivity contribution in [2.45, 2.75) is 12.5 Å². The quantitative estimate of drug-likeness (QED) is 0.799. The number of hydrogen-bond acceptors (Lipinski definition) is 4. The second kappa shape index (κ2) is 7.21. The van der Waals surface area contributed by atoms with Crippen molar-refractivity contribution in [3.8, 4) is 5.75 Å². The van der Waals surface area contributed by atoms with E-state index in [1.54, 1.807) is 12.1 Å². The number of ether oxygens (including phenoxy) is 2. The minimum absolute atomic E-state index is 0.287. The van der Waals surface area contributed by atoms with Crippen molar-refractivity contribution < 1.29 is 23.8 Å². The highest BCUT2D eigenvalue weighted by molar-refractivity contribution is 5.72. The van der Waals surface area contributed by atoms with Crippen LogP contribution in [0.2, 0.25) is 0 Å². The Bertz CT molecular complexity index is 437. The van der Waals surface area contributed by atoms with Crippen LogP contribution in [-0.4, -0.2) is 54.9 Å². The van der Waals surface area contributed by atoms with Crippen molar-refractivity contribution in [1.29, 1.82) is 0 Å². The molecule has 110 valence electrons. The van der Waals surface area contributed by atoms with Crippen LogP contribution in [0.1, 0.15) is 6.42 Å². The zero-order chi connectivity index (χ0) is 14.4. The minimum atomic E-state index is -0.919. The molecule has 1 aromatic rings. The molecular weight excluding hydrogens is 265 g/mol. The standard InChI is InChI=1S/C14H18FNO4/c15-11-2-4-12(5-3-11)19-8-1-6-16-7-9-20-13(10-16)14(17)18/h2-5,13H,1,6-10H2,(H,17,18). The summed E-state index contributed by atoms with van der Waals surface area (Å²) in [5.41, 5.74) is 0. The monoisotopic (exact) mass is 283 g/mol. The van der Waals surface area contributed by atoms with Crippen molar-refractivity contribution in [2.75, 3.05) is 32.8 Å². The second-order valence-corrected chi connectivity index (χ2v) is 4.65. The Kier molecular flexibility index (Phi) is 5.31. The van der Waals surface area contributed by atoms with Gasteiger partial charge in [0.15, 0.2) is 6.10 Å². The van der Waals surface area contributed by atoms with Gasteiger partial charge in [0.1, 0.15) is 11.6 Å². The van der Waals surface area contributed by atoms with Crippen LogP contribution >= 0.6 is 0 Å². The molecule has 1 N–H and O–H groups in total. The number of morpholine rings is 1. The van der Waals surface area contributed by atoms with E-state index in [0.717, 1.165) is 19.5 Å². The Morgan fingerprint density at radius 1 is 1.45 bits per heavy atom. The fourth-order valence-corrected chi connectivity index (χ4v) is 2.06. The third kappa shape index (κ3) is 4.47. The van der Waals surface area contributed by atoms with E-state index in [4.69, 9.17) is 14.6 Å². The van der Waals surface area contributed by atoms with Crippen molar-refractivity contribution in [2.24, 2.45) is 0 Å². The van der Waals surface area contributed by atoms with E-state index in [-0.39, 0.29) is 5.82 Å². The van der Waals surface area contributed by atoms with Crippen LogP contribution in [-0.2, 0) is 9.53 Å². The molecule has 1 aliphatic rings. The van der Waals surface area contributed by atoms with E-state index < -0.39 is 12.1 Å². The van der Waals surface area contributed by atoms with Gasteiger partial charge in [-0.3, -0.25) is 4.90 Å². The molecule has 1 aliphatic heterocycles. The number of nitrogens with zero attached hydrogens (tertiary/aromatic N) is 1. The largest absolute Gasteiger partial charge is 0.494 e. The van der Waals surface area contributed by atoms with E-state index in [0.29, 0.717) is 25.5 Å². The summed E-state index contributed by atoms with van der Waals surface area (Å²) in [6.45, 7) is 2.86. The van der Waals surface area contributed by atoms with Gasteiger partial charge >= 0.3 is 5.97 Å². The maximum atomic E-state index is 12.7. The highest BCUT2D eigenvalue weighted by Crippen LogP contribution is 2.11. The number of aliphatic carboxylic acids is 1. The zero-order valence-electron chi connectivity index (χ0n) is 11.1. The van der Waals surface area contributed by atoms with Crippen LogP contribution in [0.25, 0.3) is 0 Å². The van der Waals surface area contributed by atoms with E-state index in [1.807, 2.05) is 0 Å². The Hall–Kier alpha value is -1.66. The molecule has 1 fully saturated rings.